The zero-order valence-corrected chi connectivity index (χ0v) is 15.0. The van der Waals surface area contributed by atoms with E-state index in [2.05, 4.69) is 26.8 Å². The van der Waals surface area contributed by atoms with Gasteiger partial charge in [-0.15, -0.1) is 0 Å². The predicted octanol–water partition coefficient (Wildman–Crippen LogP) is 5.44. The highest BCUT2D eigenvalue weighted by Crippen LogP contribution is 2.29. The molecule has 23 heavy (non-hydrogen) atoms. The summed E-state index contributed by atoms with van der Waals surface area (Å²) in [6.07, 6.45) is 0. The van der Waals surface area contributed by atoms with Crippen LogP contribution < -0.4 is 4.43 Å². The van der Waals surface area contributed by atoms with Crippen LogP contribution in [0, 0.1) is 0 Å². The van der Waals surface area contributed by atoms with Gasteiger partial charge < -0.3 is 9.53 Å². The van der Waals surface area contributed by atoms with E-state index in [0.717, 1.165) is 35.0 Å². The van der Waals surface area contributed by atoms with E-state index in [0.29, 0.717) is 5.56 Å². The van der Waals surface area contributed by atoms with Gasteiger partial charge in [-0.05, 0) is 53.5 Å². The largest absolute Gasteiger partial charge is 0.543 e. The van der Waals surface area contributed by atoms with Crippen molar-refractivity contribution >= 4 is 14.3 Å². The Labute approximate surface area is 139 Å². The fraction of sp³-hybridized carbons (Fsp3) is 0.316. The number of hydrogen-bond donors (Lipinski definition) is 1. The Morgan fingerprint density at radius 3 is 2.09 bits per heavy atom. The maximum atomic E-state index is 10.9. The first-order chi connectivity index (χ1) is 11.0. The molecule has 0 atom stereocenters. The molecule has 0 radical (unpaired) electrons. The van der Waals surface area contributed by atoms with Gasteiger partial charge in [0.1, 0.15) is 5.75 Å². The van der Waals surface area contributed by atoms with Crippen molar-refractivity contribution in [3.8, 4) is 16.9 Å². The molecule has 0 aliphatic carbocycles. The maximum absolute atomic E-state index is 10.9. The van der Waals surface area contributed by atoms with E-state index in [1.165, 1.54) is 0 Å². The lowest BCUT2D eigenvalue weighted by atomic mass is 10.0. The monoisotopic (exact) mass is 328 g/mol. The molecular formula is C19H24O3Si. The number of benzene rings is 2. The fourth-order valence-electron chi connectivity index (χ4n) is 2.76. The molecule has 122 valence electrons. The van der Waals surface area contributed by atoms with Crippen molar-refractivity contribution in [3.05, 3.63) is 54.1 Å². The molecule has 2 rings (SSSR count). The molecule has 3 nitrogen and oxygen atoms in total. The van der Waals surface area contributed by atoms with Crippen LogP contribution >= 0.6 is 0 Å². The van der Waals surface area contributed by atoms with E-state index in [-0.39, 0.29) is 0 Å². The third-order valence-corrected chi connectivity index (χ3v) is 9.10. The standard InChI is InChI=1S/C19H24O3Si/c1-4-23(5-2,6-3)22-18-9-7-8-17(14-18)15-10-12-16(13-11-15)19(20)21/h7-14H,4-6H2,1-3H3,(H,20,21). The molecule has 2 aromatic rings. The van der Waals surface area contributed by atoms with Gasteiger partial charge in [0.15, 0.2) is 0 Å². The summed E-state index contributed by atoms with van der Waals surface area (Å²) in [4.78, 5) is 10.9. The number of carbonyl (C=O) groups is 1. The molecule has 1 N–H and O–H groups in total. The van der Waals surface area contributed by atoms with Crippen LogP contribution in [0.3, 0.4) is 0 Å². The summed E-state index contributed by atoms with van der Waals surface area (Å²) in [6.45, 7) is 6.65. The molecule has 0 heterocycles. The van der Waals surface area contributed by atoms with Gasteiger partial charge in [-0.25, -0.2) is 4.79 Å². The summed E-state index contributed by atoms with van der Waals surface area (Å²) in [6, 6.07) is 18.4. The van der Waals surface area contributed by atoms with Crippen LogP contribution in [0.5, 0.6) is 5.75 Å². The topological polar surface area (TPSA) is 46.5 Å². The molecule has 2 aromatic carbocycles. The zero-order valence-electron chi connectivity index (χ0n) is 14.0. The van der Waals surface area contributed by atoms with Crippen LogP contribution in [0.1, 0.15) is 31.1 Å². The molecule has 4 heteroatoms. The van der Waals surface area contributed by atoms with Gasteiger partial charge in [0.05, 0.1) is 5.56 Å². The first-order valence-corrected chi connectivity index (χ1v) is 10.7. The normalized spacial score (nSPS) is 11.3. The van der Waals surface area contributed by atoms with Crippen molar-refractivity contribution < 1.29 is 14.3 Å². The zero-order chi connectivity index (χ0) is 16.9. The van der Waals surface area contributed by atoms with Gasteiger partial charge in [0.2, 0.25) is 8.32 Å². The van der Waals surface area contributed by atoms with Gasteiger partial charge in [-0.2, -0.15) is 0 Å². The van der Waals surface area contributed by atoms with Crippen LogP contribution in [0.2, 0.25) is 18.1 Å². The minimum absolute atomic E-state index is 0.301. The van der Waals surface area contributed by atoms with Crippen LogP contribution in [0.15, 0.2) is 48.5 Å². The quantitative estimate of drug-likeness (QED) is 0.689. The Morgan fingerprint density at radius 1 is 0.957 bits per heavy atom. The van der Waals surface area contributed by atoms with Crippen LogP contribution in [-0.4, -0.2) is 19.4 Å². The average molecular weight is 328 g/mol. The van der Waals surface area contributed by atoms with Gasteiger partial charge in [-0.3, -0.25) is 0 Å². The highest BCUT2D eigenvalue weighted by Gasteiger charge is 2.30. The first kappa shape index (κ1) is 17.3. The second-order valence-corrected chi connectivity index (χ2v) is 10.4. The van der Waals surface area contributed by atoms with Crippen LogP contribution in [0.25, 0.3) is 11.1 Å². The Hall–Kier alpha value is -2.07. The second-order valence-electron chi connectivity index (χ2n) is 5.76. The Bertz CT molecular complexity index is 652. The first-order valence-electron chi connectivity index (χ1n) is 8.16. The van der Waals surface area contributed by atoms with Crippen molar-refractivity contribution in [2.45, 2.75) is 38.9 Å². The molecule has 0 unspecified atom stereocenters. The molecule has 0 aliphatic heterocycles. The number of aromatic carboxylic acids is 1. The van der Waals surface area contributed by atoms with Gasteiger partial charge >= 0.3 is 5.97 Å². The second kappa shape index (κ2) is 7.46. The lowest BCUT2D eigenvalue weighted by Gasteiger charge is -2.29. The minimum atomic E-state index is -1.68. The lowest BCUT2D eigenvalue weighted by molar-refractivity contribution is 0.0697. The van der Waals surface area contributed by atoms with Gasteiger partial charge in [-0.1, -0.05) is 45.0 Å². The summed E-state index contributed by atoms with van der Waals surface area (Å²) in [7, 11) is -1.68. The number of rotatable bonds is 7. The molecule has 0 bridgehead atoms. The van der Waals surface area contributed by atoms with Crippen molar-refractivity contribution in [2.75, 3.05) is 0 Å². The Balaban J connectivity index is 2.27. The molecule has 0 fully saturated rings. The SMILES string of the molecule is CC[Si](CC)(CC)Oc1cccc(-c2ccc(C(=O)O)cc2)c1. The highest BCUT2D eigenvalue weighted by molar-refractivity contribution is 6.74. The van der Waals surface area contributed by atoms with Gasteiger partial charge in [0.25, 0.3) is 0 Å². The van der Waals surface area contributed by atoms with E-state index >= 15 is 0 Å². The minimum Gasteiger partial charge on any atom is -0.543 e. The van der Waals surface area contributed by atoms with E-state index in [9.17, 15) is 4.79 Å². The molecule has 0 aliphatic rings. The average Bonchev–Trinajstić information content (AvgIpc) is 2.60. The van der Waals surface area contributed by atoms with Crippen LogP contribution in [-0.2, 0) is 0 Å². The Kier molecular flexibility index (Phi) is 5.61. The molecule has 0 spiro atoms. The van der Waals surface area contributed by atoms with Crippen molar-refractivity contribution in [3.63, 3.8) is 0 Å². The van der Waals surface area contributed by atoms with Crippen molar-refractivity contribution in [1.82, 2.24) is 0 Å². The third-order valence-electron chi connectivity index (χ3n) is 4.57. The van der Waals surface area contributed by atoms with Crippen LogP contribution in [0.4, 0.5) is 0 Å². The third kappa shape index (κ3) is 4.02. The number of hydrogen-bond acceptors (Lipinski definition) is 2. The summed E-state index contributed by atoms with van der Waals surface area (Å²) in [5, 5.41) is 8.98. The summed E-state index contributed by atoms with van der Waals surface area (Å²) >= 11 is 0. The van der Waals surface area contributed by atoms with E-state index < -0.39 is 14.3 Å². The van der Waals surface area contributed by atoms with Crippen molar-refractivity contribution in [2.24, 2.45) is 0 Å². The van der Waals surface area contributed by atoms with E-state index in [1.54, 1.807) is 12.1 Å². The summed E-state index contributed by atoms with van der Waals surface area (Å²) < 4.78 is 6.42. The number of carboxylic acids is 1. The predicted molar refractivity (Wildman–Crippen MR) is 96.7 cm³/mol. The fourth-order valence-corrected chi connectivity index (χ4v) is 5.32. The van der Waals surface area contributed by atoms with Gasteiger partial charge in [0, 0.05) is 0 Å². The molecule has 0 saturated carbocycles. The summed E-state index contributed by atoms with van der Waals surface area (Å²) in [5.41, 5.74) is 2.35. The number of carboxylic acid groups (broad SMARTS) is 1. The van der Waals surface area contributed by atoms with Crippen molar-refractivity contribution in [1.29, 1.82) is 0 Å². The van der Waals surface area contributed by atoms with E-state index in [4.69, 9.17) is 9.53 Å². The molecule has 0 amide bonds. The van der Waals surface area contributed by atoms with E-state index in [1.807, 2.05) is 30.3 Å². The smallest absolute Gasteiger partial charge is 0.335 e. The summed E-state index contributed by atoms with van der Waals surface area (Å²) in [5.74, 6) is 0.0142. The Morgan fingerprint density at radius 2 is 1.57 bits per heavy atom. The molecule has 0 saturated heterocycles. The lowest BCUT2D eigenvalue weighted by Crippen LogP contribution is -2.39. The highest BCUT2D eigenvalue weighted by atomic mass is 28.4. The maximum Gasteiger partial charge on any atom is 0.335 e. The molecular weight excluding hydrogens is 304 g/mol. The molecule has 0 aromatic heterocycles.